The number of phenolic OH excluding ortho intramolecular Hbond substituents is 1. The lowest BCUT2D eigenvalue weighted by molar-refractivity contribution is -0.149. The van der Waals surface area contributed by atoms with E-state index >= 15 is 0 Å². The molecule has 1 rings (SSSR count). The topological polar surface area (TPSA) is 49.3 Å². The van der Waals surface area contributed by atoms with Gasteiger partial charge in [-0.05, 0) is 19.1 Å². The van der Waals surface area contributed by atoms with Gasteiger partial charge in [-0.15, -0.1) is 0 Å². The van der Waals surface area contributed by atoms with Crippen LogP contribution in [0, 0.1) is 5.82 Å². The van der Waals surface area contributed by atoms with Gasteiger partial charge in [0.1, 0.15) is 6.04 Å². The molecule has 94 valence electrons. The molecule has 1 aromatic carbocycles. The van der Waals surface area contributed by atoms with Crippen molar-refractivity contribution < 1.29 is 27.5 Å². The van der Waals surface area contributed by atoms with E-state index in [0.29, 0.717) is 0 Å². The maximum absolute atomic E-state index is 13.2. The molecule has 0 fully saturated rings. The molecule has 1 amide bonds. The van der Waals surface area contributed by atoms with Crippen LogP contribution < -0.4 is 5.32 Å². The zero-order valence-electron chi connectivity index (χ0n) is 8.68. The summed E-state index contributed by atoms with van der Waals surface area (Å²) in [7, 11) is 0. The largest absolute Gasteiger partial charge is 0.505 e. The number of hydrogen-bond acceptors (Lipinski definition) is 2. The summed E-state index contributed by atoms with van der Waals surface area (Å²) in [6.45, 7) is 0.735. The first kappa shape index (κ1) is 13.3. The lowest BCUT2D eigenvalue weighted by atomic mass is 10.1. The van der Waals surface area contributed by atoms with Crippen molar-refractivity contribution in [3.63, 3.8) is 0 Å². The highest BCUT2D eigenvalue weighted by atomic mass is 19.4. The fraction of sp³-hybridized carbons (Fsp3) is 0.300. The van der Waals surface area contributed by atoms with Crippen molar-refractivity contribution >= 4 is 5.91 Å². The van der Waals surface area contributed by atoms with Gasteiger partial charge in [0.05, 0.1) is 5.56 Å². The smallest absolute Gasteiger partial charge is 0.408 e. The first-order chi connectivity index (χ1) is 7.73. The molecule has 0 saturated heterocycles. The monoisotopic (exact) mass is 251 g/mol. The number of benzene rings is 1. The lowest BCUT2D eigenvalue weighted by Gasteiger charge is -2.17. The van der Waals surface area contributed by atoms with Gasteiger partial charge < -0.3 is 10.4 Å². The second-order valence-electron chi connectivity index (χ2n) is 3.38. The summed E-state index contributed by atoms with van der Waals surface area (Å²) in [4.78, 5) is 11.3. The van der Waals surface area contributed by atoms with Gasteiger partial charge in [0.2, 0.25) is 0 Å². The zero-order valence-corrected chi connectivity index (χ0v) is 8.68. The summed E-state index contributed by atoms with van der Waals surface area (Å²) in [5, 5.41) is 10.6. The van der Waals surface area contributed by atoms with Crippen molar-refractivity contribution in [2.24, 2.45) is 0 Å². The fourth-order valence-corrected chi connectivity index (χ4v) is 1.05. The molecule has 0 aliphatic rings. The van der Waals surface area contributed by atoms with E-state index in [-0.39, 0.29) is 0 Å². The molecule has 0 bridgehead atoms. The number of aromatic hydroxyl groups is 1. The van der Waals surface area contributed by atoms with Crippen LogP contribution in [0.4, 0.5) is 17.6 Å². The molecule has 0 aliphatic carbocycles. The second-order valence-corrected chi connectivity index (χ2v) is 3.38. The highest BCUT2D eigenvalue weighted by molar-refractivity contribution is 5.95. The van der Waals surface area contributed by atoms with E-state index in [9.17, 15) is 22.4 Å². The predicted molar refractivity (Wildman–Crippen MR) is 51.0 cm³/mol. The number of carbonyl (C=O) groups excluding carboxylic acids is 1. The molecule has 0 aromatic heterocycles. The third kappa shape index (κ3) is 3.08. The third-order valence-corrected chi connectivity index (χ3v) is 2.06. The van der Waals surface area contributed by atoms with Gasteiger partial charge in [-0.25, -0.2) is 4.39 Å². The minimum atomic E-state index is -4.61. The molecule has 3 nitrogen and oxygen atoms in total. The van der Waals surface area contributed by atoms with Crippen molar-refractivity contribution in [1.82, 2.24) is 5.32 Å². The van der Waals surface area contributed by atoms with Crippen molar-refractivity contribution in [3.05, 3.63) is 29.6 Å². The van der Waals surface area contributed by atoms with E-state index in [0.717, 1.165) is 25.1 Å². The SMILES string of the molecule is C[C@@H](NC(=O)c1cccc(O)c1F)C(F)(F)F. The van der Waals surface area contributed by atoms with Gasteiger partial charge in [0.25, 0.3) is 5.91 Å². The van der Waals surface area contributed by atoms with E-state index in [1.54, 1.807) is 5.32 Å². The van der Waals surface area contributed by atoms with Crippen LogP contribution in [0.2, 0.25) is 0 Å². The van der Waals surface area contributed by atoms with Crippen molar-refractivity contribution in [2.75, 3.05) is 0 Å². The molecule has 0 heterocycles. The number of nitrogens with one attached hydrogen (secondary N) is 1. The van der Waals surface area contributed by atoms with Crippen LogP contribution in [0.5, 0.6) is 5.75 Å². The molecular formula is C10H9F4NO2. The quantitative estimate of drug-likeness (QED) is 0.792. The molecular weight excluding hydrogens is 242 g/mol. The minimum absolute atomic E-state index is 0.638. The van der Waals surface area contributed by atoms with Crippen molar-refractivity contribution in [1.29, 1.82) is 0 Å². The van der Waals surface area contributed by atoms with Crippen LogP contribution in [0.15, 0.2) is 18.2 Å². The molecule has 7 heteroatoms. The number of rotatable bonds is 2. The number of alkyl halides is 3. The van der Waals surface area contributed by atoms with Gasteiger partial charge in [-0.3, -0.25) is 4.79 Å². The summed E-state index contributed by atoms with van der Waals surface area (Å²) in [6.07, 6.45) is -4.61. The Bertz CT molecular complexity index is 431. The first-order valence-corrected chi connectivity index (χ1v) is 4.58. The van der Waals surface area contributed by atoms with Gasteiger partial charge in [-0.1, -0.05) is 6.07 Å². The van der Waals surface area contributed by atoms with Crippen molar-refractivity contribution in [3.8, 4) is 5.75 Å². The molecule has 0 spiro atoms. The fourth-order valence-electron chi connectivity index (χ4n) is 1.05. The van der Waals surface area contributed by atoms with E-state index in [1.165, 1.54) is 0 Å². The summed E-state index contributed by atoms with van der Waals surface area (Å²) in [5.74, 6) is -3.28. The van der Waals surface area contributed by atoms with Gasteiger partial charge >= 0.3 is 6.18 Å². The molecule has 1 aromatic rings. The maximum Gasteiger partial charge on any atom is 0.408 e. The van der Waals surface area contributed by atoms with Gasteiger partial charge in [0.15, 0.2) is 11.6 Å². The standard InChI is InChI=1S/C10H9F4NO2/c1-5(10(12,13)14)15-9(17)6-3-2-4-7(16)8(6)11/h2-5,16H,1H3,(H,15,17)/t5-/m1/s1. The Morgan fingerprint density at radius 2 is 2.00 bits per heavy atom. The molecule has 17 heavy (non-hydrogen) atoms. The number of halogens is 4. The third-order valence-electron chi connectivity index (χ3n) is 2.06. The summed E-state index contributed by atoms with van der Waals surface area (Å²) in [6, 6.07) is 1.02. The Hall–Kier alpha value is -1.79. The Balaban J connectivity index is 2.88. The van der Waals surface area contributed by atoms with Crippen LogP contribution in [-0.2, 0) is 0 Å². The minimum Gasteiger partial charge on any atom is -0.505 e. The van der Waals surface area contributed by atoms with E-state index in [2.05, 4.69) is 0 Å². The molecule has 0 aliphatic heterocycles. The summed E-state index contributed by atoms with van der Waals surface area (Å²) >= 11 is 0. The molecule has 2 N–H and O–H groups in total. The summed E-state index contributed by atoms with van der Waals surface area (Å²) < 4.78 is 49.6. The van der Waals surface area contributed by atoms with Gasteiger partial charge in [0, 0.05) is 0 Å². The summed E-state index contributed by atoms with van der Waals surface area (Å²) in [5.41, 5.74) is -0.638. The normalized spacial score (nSPS) is 13.2. The average molecular weight is 251 g/mol. The zero-order chi connectivity index (χ0) is 13.2. The van der Waals surface area contributed by atoms with E-state index < -0.39 is 35.3 Å². The van der Waals surface area contributed by atoms with Gasteiger partial charge in [-0.2, -0.15) is 13.2 Å². The van der Waals surface area contributed by atoms with Crippen LogP contribution in [0.1, 0.15) is 17.3 Å². The van der Waals surface area contributed by atoms with E-state index in [4.69, 9.17) is 5.11 Å². The predicted octanol–water partition coefficient (Wildman–Crippen LogP) is 2.21. The molecule has 0 unspecified atom stereocenters. The average Bonchev–Trinajstić information content (AvgIpc) is 2.20. The highest BCUT2D eigenvalue weighted by Crippen LogP contribution is 2.22. The number of phenols is 1. The number of hydrogen-bond donors (Lipinski definition) is 2. The van der Waals surface area contributed by atoms with Crippen LogP contribution >= 0.6 is 0 Å². The number of amides is 1. The Morgan fingerprint density at radius 1 is 1.41 bits per heavy atom. The Kier molecular flexibility index (Phi) is 3.59. The number of carbonyl (C=O) groups is 1. The maximum atomic E-state index is 13.2. The Morgan fingerprint density at radius 3 is 2.53 bits per heavy atom. The molecule has 0 radical (unpaired) electrons. The molecule has 1 atom stereocenters. The lowest BCUT2D eigenvalue weighted by Crippen LogP contribution is -2.43. The van der Waals surface area contributed by atoms with Crippen LogP contribution in [0.3, 0.4) is 0 Å². The molecule has 0 saturated carbocycles. The second kappa shape index (κ2) is 4.60. The van der Waals surface area contributed by atoms with E-state index in [1.807, 2.05) is 0 Å². The Labute approximate surface area is 94.1 Å². The van der Waals surface area contributed by atoms with Crippen molar-refractivity contribution in [2.45, 2.75) is 19.1 Å². The van der Waals surface area contributed by atoms with Crippen LogP contribution in [-0.4, -0.2) is 23.2 Å². The first-order valence-electron chi connectivity index (χ1n) is 4.58. The highest BCUT2D eigenvalue weighted by Gasteiger charge is 2.37. The van der Waals surface area contributed by atoms with Crippen LogP contribution in [0.25, 0.3) is 0 Å².